The molecule has 2 aromatic carbocycles. The van der Waals surface area contributed by atoms with Crippen LogP contribution in [0, 0.1) is 0 Å². The average Bonchev–Trinajstić information content (AvgIpc) is 2.74. The van der Waals surface area contributed by atoms with E-state index in [4.69, 9.17) is 33.7 Å². The van der Waals surface area contributed by atoms with Crippen LogP contribution >= 0.6 is 23.2 Å². The van der Waals surface area contributed by atoms with Crippen LogP contribution in [0.1, 0.15) is 57.4 Å². The molecule has 1 heterocycles. The number of primary amides is 1. The number of carbonyl (C=O) groups excluding carboxylic acids is 2. The Bertz CT molecular complexity index is 1200. The maximum Gasteiger partial charge on any atom is 0.253 e. The zero-order valence-electron chi connectivity index (χ0n) is 20.1. The minimum absolute atomic E-state index is 0.266. The quantitative estimate of drug-likeness (QED) is 0.557. The Balaban J connectivity index is 2.17. The number of carbonyl (C=O) groups is 2. The summed E-state index contributed by atoms with van der Waals surface area (Å²) >= 11 is 12.4. The maximum absolute atomic E-state index is 13.7. The molecule has 7 nitrogen and oxygen atoms in total. The topological polar surface area (TPSA) is 107 Å². The number of hydrogen-bond acceptors (Lipinski definition) is 5. The number of ether oxygens (including phenoxy) is 1. The Morgan fingerprint density at radius 1 is 1.09 bits per heavy atom. The van der Waals surface area contributed by atoms with Crippen molar-refractivity contribution in [3.63, 3.8) is 0 Å². The summed E-state index contributed by atoms with van der Waals surface area (Å²) in [5, 5.41) is 0.983. The molecule has 1 fully saturated rings. The van der Waals surface area contributed by atoms with Crippen molar-refractivity contribution in [3.8, 4) is 0 Å². The second-order valence-corrected chi connectivity index (χ2v) is 13.4. The molecule has 2 aromatic rings. The van der Waals surface area contributed by atoms with Crippen LogP contribution in [0.25, 0.3) is 0 Å². The van der Waals surface area contributed by atoms with Gasteiger partial charge in [-0.3, -0.25) is 9.59 Å². The van der Waals surface area contributed by atoms with Crippen molar-refractivity contribution in [1.29, 1.82) is 0 Å². The van der Waals surface area contributed by atoms with Gasteiger partial charge in [0.1, 0.15) is 12.2 Å². The molecule has 190 valence electrons. The van der Waals surface area contributed by atoms with Gasteiger partial charge in [-0.1, -0.05) is 47.5 Å². The lowest BCUT2D eigenvalue weighted by molar-refractivity contribution is -0.179. The third-order valence-corrected chi connectivity index (χ3v) is 9.35. The highest BCUT2D eigenvalue weighted by molar-refractivity contribution is 7.92. The molecule has 1 aliphatic rings. The summed E-state index contributed by atoms with van der Waals surface area (Å²) in [5.41, 5.74) is 6.79. The van der Waals surface area contributed by atoms with E-state index in [9.17, 15) is 18.0 Å². The lowest BCUT2D eigenvalue weighted by Crippen LogP contribution is -2.56. The molecule has 0 unspecified atom stereocenters. The van der Waals surface area contributed by atoms with E-state index in [1.807, 2.05) is 6.07 Å². The van der Waals surface area contributed by atoms with E-state index in [-0.39, 0.29) is 12.2 Å². The molecule has 0 aliphatic carbocycles. The van der Waals surface area contributed by atoms with Crippen molar-refractivity contribution >= 4 is 44.9 Å². The molecular weight excluding hydrogens is 511 g/mol. The average molecular weight is 541 g/mol. The summed E-state index contributed by atoms with van der Waals surface area (Å²) in [4.78, 5) is 27.0. The predicted molar refractivity (Wildman–Crippen MR) is 137 cm³/mol. The number of benzene rings is 2. The summed E-state index contributed by atoms with van der Waals surface area (Å²) in [6, 6.07) is 12.5. The van der Waals surface area contributed by atoms with E-state index in [0.717, 1.165) is 0 Å². The Morgan fingerprint density at radius 3 is 2.26 bits per heavy atom. The number of rotatable bonds is 7. The normalized spacial score (nSPS) is 22.2. The van der Waals surface area contributed by atoms with Crippen LogP contribution in [0.3, 0.4) is 0 Å². The molecule has 3 rings (SSSR count). The second-order valence-electron chi connectivity index (χ2n) is 9.76. The number of amides is 2. The molecule has 0 bridgehead atoms. The second kappa shape index (κ2) is 10.5. The summed E-state index contributed by atoms with van der Waals surface area (Å²) in [6.07, 6.45) is -2.24. The van der Waals surface area contributed by atoms with Crippen LogP contribution in [0.5, 0.6) is 0 Å². The van der Waals surface area contributed by atoms with Gasteiger partial charge in [0.15, 0.2) is 9.84 Å². The maximum atomic E-state index is 13.7. The minimum atomic E-state index is -3.58. The van der Waals surface area contributed by atoms with Crippen molar-refractivity contribution in [2.45, 2.75) is 63.2 Å². The molecule has 0 saturated carbocycles. The van der Waals surface area contributed by atoms with E-state index in [0.29, 0.717) is 21.2 Å². The number of morpholine rings is 1. The van der Waals surface area contributed by atoms with Crippen LogP contribution in [-0.4, -0.2) is 47.8 Å². The SMILES string of the molecule is C[C@@H](CS(=O)(=O)C(C)(C)C)N1C(=O)[C@H](CC(N)=O)O[C@H](c2cccc(Cl)c2)[C@H]1c1ccc(Cl)cc1. The number of nitrogens with zero attached hydrogens (tertiary/aromatic N) is 1. The van der Waals surface area contributed by atoms with Gasteiger partial charge in [-0.2, -0.15) is 0 Å². The van der Waals surface area contributed by atoms with Gasteiger partial charge in [0.05, 0.1) is 23.0 Å². The molecular formula is C25H30Cl2N2O5S. The Hall–Kier alpha value is -2.13. The predicted octanol–water partition coefficient (Wildman–Crippen LogP) is 4.48. The summed E-state index contributed by atoms with van der Waals surface area (Å²) < 4.78 is 31.3. The van der Waals surface area contributed by atoms with Gasteiger partial charge >= 0.3 is 0 Å². The zero-order chi connectivity index (χ0) is 26.1. The van der Waals surface area contributed by atoms with E-state index < -0.39 is 50.7 Å². The largest absolute Gasteiger partial charge is 0.370 e. The van der Waals surface area contributed by atoms with E-state index >= 15 is 0 Å². The van der Waals surface area contributed by atoms with Crippen molar-refractivity contribution < 1.29 is 22.7 Å². The Kier molecular flexibility index (Phi) is 8.21. The van der Waals surface area contributed by atoms with Crippen molar-refractivity contribution in [2.75, 3.05) is 5.75 Å². The van der Waals surface area contributed by atoms with Crippen molar-refractivity contribution in [2.24, 2.45) is 5.73 Å². The van der Waals surface area contributed by atoms with Crippen LogP contribution in [0.2, 0.25) is 10.0 Å². The standard InChI is InChI=1S/C25H30Cl2N2O5S/c1-15(14-35(32,33)25(2,3)4)29-22(16-8-10-18(26)11-9-16)23(17-6-5-7-19(27)12-17)34-20(24(29)31)13-21(28)30/h5-12,15,20,22-23H,13-14H2,1-4H3,(H2,28,30)/t15-,20-,22+,23+/m0/s1. The highest BCUT2D eigenvalue weighted by atomic mass is 35.5. The van der Waals surface area contributed by atoms with Gasteiger partial charge in [-0.25, -0.2) is 8.42 Å². The molecule has 2 N–H and O–H groups in total. The fourth-order valence-corrected chi connectivity index (χ4v) is 5.78. The minimum Gasteiger partial charge on any atom is -0.370 e. The van der Waals surface area contributed by atoms with Crippen LogP contribution < -0.4 is 5.73 Å². The fourth-order valence-electron chi connectivity index (χ4n) is 4.16. The zero-order valence-corrected chi connectivity index (χ0v) is 22.4. The highest BCUT2D eigenvalue weighted by Crippen LogP contribution is 2.44. The van der Waals surface area contributed by atoms with Crippen LogP contribution in [-0.2, 0) is 24.2 Å². The van der Waals surface area contributed by atoms with Gasteiger partial charge < -0.3 is 15.4 Å². The lowest BCUT2D eigenvalue weighted by atomic mass is 9.90. The van der Waals surface area contributed by atoms with Gasteiger partial charge in [0.25, 0.3) is 5.91 Å². The highest BCUT2D eigenvalue weighted by Gasteiger charge is 2.47. The van der Waals surface area contributed by atoms with Gasteiger partial charge in [0, 0.05) is 16.1 Å². The smallest absolute Gasteiger partial charge is 0.253 e. The first-order valence-corrected chi connectivity index (χ1v) is 13.6. The van der Waals surface area contributed by atoms with Crippen molar-refractivity contribution in [3.05, 3.63) is 69.7 Å². The van der Waals surface area contributed by atoms with Gasteiger partial charge in [-0.05, 0) is 63.1 Å². The first kappa shape index (κ1) is 27.5. The van der Waals surface area contributed by atoms with Crippen molar-refractivity contribution in [1.82, 2.24) is 4.90 Å². The summed E-state index contributed by atoms with van der Waals surface area (Å²) in [5.74, 6) is -1.47. The molecule has 10 heteroatoms. The lowest BCUT2D eigenvalue weighted by Gasteiger charge is -2.47. The molecule has 35 heavy (non-hydrogen) atoms. The van der Waals surface area contributed by atoms with E-state index in [1.54, 1.807) is 70.2 Å². The molecule has 0 spiro atoms. The Labute approximate surface area is 216 Å². The summed E-state index contributed by atoms with van der Waals surface area (Å²) in [7, 11) is -3.58. The van der Waals surface area contributed by atoms with E-state index in [1.165, 1.54) is 4.90 Å². The Morgan fingerprint density at radius 2 is 1.71 bits per heavy atom. The molecule has 2 amide bonds. The van der Waals surface area contributed by atoms with E-state index in [2.05, 4.69) is 0 Å². The molecule has 1 saturated heterocycles. The van der Waals surface area contributed by atoms with Gasteiger partial charge in [0.2, 0.25) is 5.91 Å². The first-order chi connectivity index (χ1) is 16.2. The first-order valence-electron chi connectivity index (χ1n) is 11.2. The third-order valence-electron chi connectivity index (χ3n) is 6.07. The fraction of sp³-hybridized carbons (Fsp3) is 0.440. The van der Waals surface area contributed by atoms with Crippen LogP contribution in [0.4, 0.5) is 0 Å². The number of nitrogens with two attached hydrogens (primary N) is 1. The number of sulfone groups is 1. The molecule has 1 aliphatic heterocycles. The summed E-state index contributed by atoms with van der Waals surface area (Å²) in [6.45, 7) is 6.55. The monoisotopic (exact) mass is 540 g/mol. The third kappa shape index (κ3) is 6.17. The number of halogens is 2. The van der Waals surface area contributed by atoms with Crippen LogP contribution in [0.15, 0.2) is 48.5 Å². The van der Waals surface area contributed by atoms with Gasteiger partial charge in [-0.15, -0.1) is 0 Å². The molecule has 0 aromatic heterocycles. The number of hydrogen-bond donors (Lipinski definition) is 1. The molecule has 0 radical (unpaired) electrons. The molecule has 4 atom stereocenters.